The predicted molar refractivity (Wildman–Crippen MR) is 100 cm³/mol. The van der Waals surface area contributed by atoms with E-state index in [4.69, 9.17) is 9.15 Å². The van der Waals surface area contributed by atoms with E-state index in [1.54, 1.807) is 30.2 Å². The smallest absolute Gasteiger partial charge is 0.257 e. The third-order valence-electron chi connectivity index (χ3n) is 3.27. The number of nitrogens with zero attached hydrogens (tertiary/aromatic N) is 2. The second kappa shape index (κ2) is 8.68. The Labute approximate surface area is 153 Å². The van der Waals surface area contributed by atoms with Gasteiger partial charge in [0.15, 0.2) is 0 Å². The number of rotatable bonds is 8. The lowest BCUT2D eigenvalue weighted by atomic mass is 10.3. The molecule has 130 valence electrons. The normalized spacial score (nSPS) is 10.6. The second-order valence-corrected chi connectivity index (χ2v) is 7.11. The molecule has 0 saturated heterocycles. The van der Waals surface area contributed by atoms with Crippen LogP contribution in [0.4, 0.5) is 5.69 Å². The van der Waals surface area contributed by atoms with E-state index in [2.05, 4.69) is 15.5 Å². The van der Waals surface area contributed by atoms with Gasteiger partial charge in [0.1, 0.15) is 5.75 Å². The highest BCUT2D eigenvalue weighted by molar-refractivity contribution is 7.98. The van der Waals surface area contributed by atoms with Crippen LogP contribution in [-0.4, -0.2) is 29.0 Å². The first-order valence-electron chi connectivity index (χ1n) is 7.62. The molecule has 0 saturated carbocycles. The Morgan fingerprint density at radius 2 is 2.12 bits per heavy atom. The van der Waals surface area contributed by atoms with Crippen molar-refractivity contribution in [3.63, 3.8) is 0 Å². The van der Waals surface area contributed by atoms with E-state index >= 15 is 0 Å². The first-order valence-corrected chi connectivity index (χ1v) is 9.66. The van der Waals surface area contributed by atoms with Crippen LogP contribution in [0.15, 0.2) is 46.2 Å². The molecule has 0 bridgehead atoms. The maximum atomic E-state index is 11.9. The quantitative estimate of drug-likeness (QED) is 0.598. The Morgan fingerprint density at radius 3 is 2.84 bits per heavy atom. The van der Waals surface area contributed by atoms with Crippen molar-refractivity contribution >= 4 is 34.7 Å². The molecule has 1 amide bonds. The Balaban J connectivity index is 1.38. The first-order chi connectivity index (χ1) is 12.2. The van der Waals surface area contributed by atoms with Gasteiger partial charge >= 0.3 is 0 Å². The molecular weight excluding hydrogens is 358 g/mol. The van der Waals surface area contributed by atoms with Crippen molar-refractivity contribution in [3.05, 3.63) is 47.7 Å². The van der Waals surface area contributed by atoms with E-state index < -0.39 is 0 Å². The van der Waals surface area contributed by atoms with Crippen LogP contribution >= 0.6 is 23.1 Å². The predicted octanol–water partition coefficient (Wildman–Crippen LogP) is 4.07. The number of aromatic nitrogens is 2. The van der Waals surface area contributed by atoms with Gasteiger partial charge in [0.25, 0.3) is 5.89 Å². The van der Waals surface area contributed by atoms with Gasteiger partial charge in [0.05, 0.1) is 17.7 Å². The highest BCUT2D eigenvalue weighted by Crippen LogP contribution is 2.24. The topological polar surface area (TPSA) is 77.2 Å². The minimum absolute atomic E-state index is 0.0255. The van der Waals surface area contributed by atoms with Gasteiger partial charge in [-0.25, -0.2) is 0 Å². The molecule has 0 unspecified atom stereocenters. The number of thioether (sulfide) groups is 1. The van der Waals surface area contributed by atoms with Gasteiger partial charge in [-0.3, -0.25) is 4.79 Å². The van der Waals surface area contributed by atoms with Gasteiger partial charge in [-0.2, -0.15) is 11.8 Å². The van der Waals surface area contributed by atoms with E-state index in [1.165, 1.54) is 0 Å². The van der Waals surface area contributed by atoms with E-state index in [-0.39, 0.29) is 5.91 Å². The Kier molecular flexibility index (Phi) is 6.08. The number of carbonyl (C=O) groups is 1. The molecule has 0 spiro atoms. The molecule has 3 rings (SSSR count). The number of benzene rings is 1. The van der Waals surface area contributed by atoms with Crippen LogP contribution < -0.4 is 10.1 Å². The van der Waals surface area contributed by atoms with Crippen molar-refractivity contribution in [2.45, 2.75) is 12.2 Å². The number of amides is 1. The molecule has 8 heteroatoms. The number of nitrogens with one attached hydrogen (secondary N) is 1. The maximum absolute atomic E-state index is 11.9. The van der Waals surface area contributed by atoms with Crippen LogP contribution in [0, 0.1) is 0 Å². The van der Waals surface area contributed by atoms with Crippen LogP contribution in [0.5, 0.6) is 5.75 Å². The number of carbonyl (C=O) groups excluding carboxylic acids is 1. The lowest BCUT2D eigenvalue weighted by Gasteiger charge is -2.06. The van der Waals surface area contributed by atoms with Gasteiger partial charge in [0.2, 0.25) is 11.8 Å². The minimum Gasteiger partial charge on any atom is -0.497 e. The number of methoxy groups -OCH3 is 1. The van der Waals surface area contributed by atoms with Crippen molar-refractivity contribution < 1.29 is 13.9 Å². The molecule has 0 fully saturated rings. The average molecular weight is 375 g/mol. The largest absolute Gasteiger partial charge is 0.497 e. The van der Waals surface area contributed by atoms with Crippen molar-refractivity contribution in [3.8, 4) is 16.5 Å². The van der Waals surface area contributed by atoms with Crippen LogP contribution in [0.3, 0.4) is 0 Å². The molecule has 0 aliphatic heterocycles. The molecule has 6 nitrogen and oxygen atoms in total. The minimum atomic E-state index is -0.0255. The average Bonchev–Trinajstić information content (AvgIpc) is 3.31. The summed E-state index contributed by atoms with van der Waals surface area (Å²) >= 11 is 3.15. The molecule has 0 aliphatic rings. The van der Waals surface area contributed by atoms with Gasteiger partial charge in [-0.05, 0) is 35.7 Å². The summed E-state index contributed by atoms with van der Waals surface area (Å²) in [6.45, 7) is 0. The fourth-order valence-electron chi connectivity index (χ4n) is 2.03. The molecule has 1 N–H and O–H groups in total. The van der Waals surface area contributed by atoms with Gasteiger partial charge in [-0.1, -0.05) is 6.07 Å². The third-order valence-corrected chi connectivity index (χ3v) is 5.07. The summed E-state index contributed by atoms with van der Waals surface area (Å²) in [5.41, 5.74) is 0.758. The number of ether oxygens (including phenoxy) is 1. The summed E-state index contributed by atoms with van der Waals surface area (Å²) in [4.78, 5) is 12.9. The van der Waals surface area contributed by atoms with Gasteiger partial charge in [0, 0.05) is 17.9 Å². The van der Waals surface area contributed by atoms with E-state index in [9.17, 15) is 4.79 Å². The van der Waals surface area contributed by atoms with Crippen LogP contribution in [-0.2, 0) is 10.5 Å². The van der Waals surface area contributed by atoms with Crippen LogP contribution in [0.1, 0.15) is 12.3 Å². The molecule has 0 radical (unpaired) electrons. The second-order valence-electron chi connectivity index (χ2n) is 5.06. The summed E-state index contributed by atoms with van der Waals surface area (Å²) in [7, 11) is 1.61. The number of hydrogen-bond acceptors (Lipinski definition) is 7. The summed E-state index contributed by atoms with van der Waals surface area (Å²) < 4.78 is 10.7. The van der Waals surface area contributed by atoms with Crippen LogP contribution in [0.2, 0.25) is 0 Å². The Morgan fingerprint density at radius 1 is 1.28 bits per heavy atom. The maximum Gasteiger partial charge on any atom is 0.257 e. The highest BCUT2D eigenvalue weighted by atomic mass is 32.2. The molecular formula is C17H17N3O3S2. The lowest BCUT2D eigenvalue weighted by Crippen LogP contribution is -2.12. The Bertz CT molecular complexity index is 801. The van der Waals surface area contributed by atoms with E-state index in [0.717, 1.165) is 16.3 Å². The number of anilines is 1. The van der Waals surface area contributed by atoms with Crippen molar-refractivity contribution in [2.75, 3.05) is 18.2 Å². The molecule has 1 aromatic carbocycles. The monoisotopic (exact) mass is 375 g/mol. The molecule has 0 aliphatic carbocycles. The highest BCUT2D eigenvalue weighted by Gasteiger charge is 2.09. The zero-order valence-electron chi connectivity index (χ0n) is 13.6. The van der Waals surface area contributed by atoms with Gasteiger partial charge < -0.3 is 14.5 Å². The molecule has 2 heterocycles. The zero-order valence-corrected chi connectivity index (χ0v) is 15.2. The Hall–Kier alpha value is -2.32. The van der Waals surface area contributed by atoms with E-state index in [0.29, 0.717) is 29.7 Å². The summed E-state index contributed by atoms with van der Waals surface area (Å²) in [6, 6.07) is 11.1. The molecule has 25 heavy (non-hydrogen) atoms. The summed E-state index contributed by atoms with van der Waals surface area (Å²) in [5, 5.41) is 12.9. The summed E-state index contributed by atoms with van der Waals surface area (Å²) in [6.07, 6.45) is 0.419. The SMILES string of the molecule is COc1ccc(NC(=O)CCSCc2nnc(-c3cccs3)o2)cc1. The molecule has 0 atom stereocenters. The number of thiophene rings is 1. The first kappa shape index (κ1) is 17.5. The van der Waals surface area contributed by atoms with Crippen molar-refractivity contribution in [2.24, 2.45) is 0 Å². The molecule has 3 aromatic rings. The fraction of sp³-hybridized carbons (Fsp3) is 0.235. The fourth-order valence-corrected chi connectivity index (χ4v) is 3.44. The van der Waals surface area contributed by atoms with Crippen molar-refractivity contribution in [1.29, 1.82) is 0 Å². The number of hydrogen-bond donors (Lipinski definition) is 1. The standard InChI is InChI=1S/C17H17N3O3S2/c1-22-13-6-4-12(5-7-13)18-15(21)8-10-24-11-16-19-20-17(23-16)14-3-2-9-25-14/h2-7,9H,8,10-11H2,1H3,(H,18,21). The summed E-state index contributed by atoms with van der Waals surface area (Å²) in [5.74, 6) is 3.12. The van der Waals surface area contributed by atoms with Crippen molar-refractivity contribution in [1.82, 2.24) is 10.2 Å². The van der Waals surface area contributed by atoms with Gasteiger partial charge in [-0.15, -0.1) is 21.5 Å². The zero-order chi connectivity index (χ0) is 17.5. The third kappa shape index (κ3) is 5.07. The lowest BCUT2D eigenvalue weighted by molar-refractivity contribution is -0.115. The van der Waals surface area contributed by atoms with E-state index in [1.807, 2.05) is 41.8 Å². The van der Waals surface area contributed by atoms with Crippen LogP contribution in [0.25, 0.3) is 10.8 Å². The molecule has 2 aromatic heterocycles.